The highest BCUT2D eigenvalue weighted by atomic mass is 35.5. The Morgan fingerprint density at radius 1 is 1.17 bits per heavy atom. The molecule has 1 unspecified atom stereocenters. The van der Waals surface area contributed by atoms with Crippen molar-refractivity contribution in [3.05, 3.63) is 54.6 Å². The average Bonchev–Trinajstić information content (AvgIpc) is 3.08. The van der Waals surface area contributed by atoms with E-state index in [1.807, 2.05) is 41.1 Å². The number of benzene rings is 1. The Morgan fingerprint density at radius 3 is 2.38 bits per heavy atom. The molecule has 24 heavy (non-hydrogen) atoms. The lowest BCUT2D eigenvalue weighted by molar-refractivity contribution is -0.155. The van der Waals surface area contributed by atoms with E-state index >= 15 is 0 Å². The number of hydrogen-bond acceptors (Lipinski definition) is 3. The number of nitrogens with zero attached hydrogens (tertiary/aromatic N) is 2. The van der Waals surface area contributed by atoms with Crippen molar-refractivity contribution in [2.75, 3.05) is 0 Å². The zero-order chi connectivity index (χ0) is 16.5. The molecule has 0 aliphatic carbocycles. The summed E-state index contributed by atoms with van der Waals surface area (Å²) < 4.78 is 7.83. The Bertz CT molecular complexity index is 566. The normalized spacial score (nSPS) is 11.8. The lowest BCUT2D eigenvalue weighted by Gasteiger charge is -2.22. The highest BCUT2D eigenvalue weighted by molar-refractivity contribution is 5.85. The molecule has 2 rings (SSSR count). The zero-order valence-corrected chi connectivity index (χ0v) is 15.2. The average molecular weight is 351 g/mol. The van der Waals surface area contributed by atoms with Gasteiger partial charge in [0.05, 0.1) is 18.8 Å². The maximum absolute atomic E-state index is 12.6. The molecule has 2 aromatic rings. The van der Waals surface area contributed by atoms with Crippen LogP contribution in [0.2, 0.25) is 0 Å². The molecule has 0 radical (unpaired) electrons. The van der Waals surface area contributed by atoms with E-state index in [-0.39, 0.29) is 30.4 Å². The maximum atomic E-state index is 12.6. The summed E-state index contributed by atoms with van der Waals surface area (Å²) in [6.45, 7) is 4.80. The third-order valence-corrected chi connectivity index (χ3v) is 3.97. The van der Waals surface area contributed by atoms with Gasteiger partial charge in [-0.1, -0.05) is 57.0 Å². The lowest BCUT2D eigenvalue weighted by atomic mass is 9.98. The van der Waals surface area contributed by atoms with Gasteiger partial charge in [-0.25, -0.2) is 4.98 Å². The summed E-state index contributed by atoms with van der Waals surface area (Å²) in [6.07, 6.45) is 8.86. The van der Waals surface area contributed by atoms with Crippen LogP contribution in [0.3, 0.4) is 0 Å². The minimum atomic E-state index is -0.283. The molecular formula is C19H27ClN2O2. The Hall–Kier alpha value is -1.81. The van der Waals surface area contributed by atoms with Crippen LogP contribution in [0.15, 0.2) is 49.1 Å². The fraction of sp³-hybridized carbons (Fsp3) is 0.474. The molecule has 132 valence electrons. The smallest absolute Gasteiger partial charge is 0.309 e. The first-order valence-electron chi connectivity index (χ1n) is 8.45. The fourth-order valence-corrected chi connectivity index (χ4v) is 2.78. The van der Waals surface area contributed by atoms with Gasteiger partial charge >= 0.3 is 5.97 Å². The van der Waals surface area contributed by atoms with Gasteiger partial charge in [-0.3, -0.25) is 4.79 Å². The van der Waals surface area contributed by atoms with Crippen LogP contribution in [0.5, 0.6) is 0 Å². The predicted octanol–water partition coefficient (Wildman–Crippen LogP) is 4.81. The summed E-state index contributed by atoms with van der Waals surface area (Å²) in [5, 5.41) is 0. The van der Waals surface area contributed by atoms with Crippen LogP contribution in [-0.2, 0) is 16.1 Å². The molecule has 4 nitrogen and oxygen atoms in total. The third kappa shape index (κ3) is 6.00. The monoisotopic (exact) mass is 350 g/mol. The first-order valence-corrected chi connectivity index (χ1v) is 8.45. The van der Waals surface area contributed by atoms with Crippen LogP contribution in [0.1, 0.15) is 51.2 Å². The van der Waals surface area contributed by atoms with Crippen molar-refractivity contribution in [1.29, 1.82) is 0 Å². The van der Waals surface area contributed by atoms with Gasteiger partial charge in [-0.2, -0.15) is 0 Å². The third-order valence-electron chi connectivity index (χ3n) is 3.97. The number of esters is 1. The molecule has 5 heteroatoms. The molecule has 1 aromatic carbocycles. The molecule has 0 bridgehead atoms. The van der Waals surface area contributed by atoms with Crippen molar-refractivity contribution in [3.63, 3.8) is 0 Å². The summed E-state index contributed by atoms with van der Waals surface area (Å²) in [7, 11) is 0. The van der Waals surface area contributed by atoms with Gasteiger partial charge in [0.25, 0.3) is 0 Å². The fourth-order valence-electron chi connectivity index (χ4n) is 2.78. The molecule has 0 saturated heterocycles. The van der Waals surface area contributed by atoms with E-state index in [2.05, 4.69) is 18.8 Å². The molecule has 0 amide bonds. The van der Waals surface area contributed by atoms with E-state index in [0.29, 0.717) is 6.54 Å². The first-order chi connectivity index (χ1) is 11.2. The second-order valence-corrected chi connectivity index (χ2v) is 5.87. The van der Waals surface area contributed by atoms with E-state index < -0.39 is 0 Å². The molecule has 0 spiro atoms. The quantitative estimate of drug-likeness (QED) is 0.610. The van der Waals surface area contributed by atoms with Crippen molar-refractivity contribution in [2.24, 2.45) is 5.92 Å². The molecule has 1 atom stereocenters. The molecule has 1 heterocycles. The van der Waals surface area contributed by atoms with E-state index in [4.69, 9.17) is 4.74 Å². The van der Waals surface area contributed by atoms with Gasteiger partial charge < -0.3 is 9.30 Å². The van der Waals surface area contributed by atoms with E-state index in [0.717, 1.165) is 31.2 Å². The van der Waals surface area contributed by atoms with Crippen molar-refractivity contribution >= 4 is 18.4 Å². The molecule has 1 aromatic heterocycles. The molecule has 0 fully saturated rings. The highest BCUT2D eigenvalue weighted by Crippen LogP contribution is 2.24. The molecule has 0 aliphatic rings. The van der Waals surface area contributed by atoms with Gasteiger partial charge in [0.15, 0.2) is 0 Å². The van der Waals surface area contributed by atoms with Crippen molar-refractivity contribution in [2.45, 2.75) is 52.2 Å². The van der Waals surface area contributed by atoms with Crippen LogP contribution in [-0.4, -0.2) is 15.5 Å². The Balaban J connectivity index is 0.00000288. The lowest BCUT2D eigenvalue weighted by Crippen LogP contribution is -2.22. The predicted molar refractivity (Wildman–Crippen MR) is 98.1 cm³/mol. The number of carbonyl (C=O) groups excluding carboxylic acids is 1. The Morgan fingerprint density at radius 2 is 1.83 bits per heavy atom. The van der Waals surface area contributed by atoms with E-state index in [9.17, 15) is 4.79 Å². The Kier molecular flexibility index (Phi) is 9.16. The summed E-state index contributed by atoms with van der Waals surface area (Å²) in [6, 6.07) is 9.92. The minimum Gasteiger partial charge on any atom is -0.455 e. The topological polar surface area (TPSA) is 44.1 Å². The van der Waals surface area contributed by atoms with Gasteiger partial charge in [0.2, 0.25) is 0 Å². The summed E-state index contributed by atoms with van der Waals surface area (Å²) in [5.41, 5.74) is 1.02. The number of rotatable bonds is 9. The SMILES string of the molecule is CCCC(CCC)C(=O)OC(Cn1ccnc1)c1ccccc1.Cl. The largest absolute Gasteiger partial charge is 0.455 e. The summed E-state index contributed by atoms with van der Waals surface area (Å²) >= 11 is 0. The van der Waals surface area contributed by atoms with Gasteiger partial charge in [-0.05, 0) is 18.4 Å². The number of aromatic nitrogens is 2. The van der Waals surface area contributed by atoms with E-state index in [1.165, 1.54) is 0 Å². The maximum Gasteiger partial charge on any atom is 0.309 e. The van der Waals surface area contributed by atoms with Gasteiger partial charge in [0.1, 0.15) is 6.10 Å². The first kappa shape index (κ1) is 20.2. The zero-order valence-electron chi connectivity index (χ0n) is 14.4. The molecular weight excluding hydrogens is 324 g/mol. The molecule has 0 saturated carbocycles. The van der Waals surface area contributed by atoms with Crippen molar-refractivity contribution < 1.29 is 9.53 Å². The van der Waals surface area contributed by atoms with Crippen molar-refractivity contribution in [1.82, 2.24) is 9.55 Å². The van der Waals surface area contributed by atoms with Crippen LogP contribution < -0.4 is 0 Å². The minimum absolute atomic E-state index is 0. The summed E-state index contributed by atoms with van der Waals surface area (Å²) in [5.74, 6) is -0.0818. The van der Waals surface area contributed by atoms with Crippen LogP contribution in [0.4, 0.5) is 0 Å². The number of carbonyl (C=O) groups is 1. The second kappa shape index (κ2) is 10.9. The van der Waals surface area contributed by atoms with Crippen LogP contribution in [0.25, 0.3) is 0 Å². The number of hydrogen-bond donors (Lipinski definition) is 0. The van der Waals surface area contributed by atoms with Crippen LogP contribution >= 0.6 is 12.4 Å². The number of ether oxygens (including phenoxy) is 1. The van der Waals surface area contributed by atoms with E-state index in [1.54, 1.807) is 12.5 Å². The van der Waals surface area contributed by atoms with Crippen LogP contribution in [0, 0.1) is 5.92 Å². The Labute approximate surface area is 150 Å². The van der Waals surface area contributed by atoms with Crippen molar-refractivity contribution in [3.8, 4) is 0 Å². The molecule has 0 N–H and O–H groups in total. The number of imidazole rings is 1. The summed E-state index contributed by atoms with van der Waals surface area (Å²) in [4.78, 5) is 16.7. The van der Waals surface area contributed by atoms with Gasteiger partial charge in [-0.15, -0.1) is 12.4 Å². The highest BCUT2D eigenvalue weighted by Gasteiger charge is 2.23. The number of halogens is 1. The second-order valence-electron chi connectivity index (χ2n) is 5.87. The van der Waals surface area contributed by atoms with Gasteiger partial charge in [0, 0.05) is 12.4 Å². The molecule has 0 aliphatic heterocycles. The standard InChI is InChI=1S/C19H26N2O2.ClH/c1-3-8-17(9-4-2)19(22)23-18(14-21-13-12-20-15-21)16-10-6-5-7-11-16;/h5-7,10-13,15,17-18H,3-4,8-9,14H2,1-2H3;1H.